The first-order valence-electron chi connectivity index (χ1n) is 6.75. The summed E-state index contributed by atoms with van der Waals surface area (Å²) in [4.78, 5) is 10.2. The maximum Gasteiger partial charge on any atom is 0.138 e. The van der Waals surface area contributed by atoms with Crippen molar-refractivity contribution in [2.45, 2.75) is 45.6 Å². The van der Waals surface area contributed by atoms with E-state index in [2.05, 4.69) is 42.1 Å². The molecule has 2 heterocycles. The topological polar surface area (TPSA) is 58.0 Å². The first-order chi connectivity index (χ1) is 9.11. The number of aliphatic hydroxyl groups is 1. The number of fused-ring (bicyclic) bond motifs is 1. The Labute approximate surface area is 117 Å². The number of hydrogen-bond acceptors (Lipinski definition) is 5. The molecule has 0 saturated carbocycles. The lowest BCUT2D eigenvalue weighted by Crippen LogP contribution is -2.35. The number of hydrogen-bond donors (Lipinski definition) is 2. The summed E-state index contributed by atoms with van der Waals surface area (Å²) in [5.74, 6) is 1.75. The van der Waals surface area contributed by atoms with Gasteiger partial charge in [-0.3, -0.25) is 0 Å². The summed E-state index contributed by atoms with van der Waals surface area (Å²) >= 11 is 1.64. The second-order valence-corrected chi connectivity index (χ2v) is 5.89. The highest BCUT2D eigenvalue weighted by molar-refractivity contribution is 7.16. The molecule has 1 atom stereocenters. The minimum atomic E-state index is -0.136. The lowest BCUT2D eigenvalue weighted by molar-refractivity contribution is 0.252. The molecule has 0 bridgehead atoms. The van der Waals surface area contributed by atoms with E-state index in [9.17, 15) is 5.11 Å². The van der Waals surface area contributed by atoms with Gasteiger partial charge in [-0.1, -0.05) is 13.8 Å². The fourth-order valence-corrected chi connectivity index (χ4v) is 2.80. The maximum absolute atomic E-state index is 9.21. The van der Waals surface area contributed by atoms with Crippen LogP contribution >= 0.6 is 11.3 Å². The quantitative estimate of drug-likeness (QED) is 0.852. The lowest BCUT2D eigenvalue weighted by atomic mass is 9.95. The number of rotatable bonds is 6. The molecule has 2 rings (SSSR count). The molecule has 0 radical (unpaired) electrons. The number of nitrogens with one attached hydrogen (secondary N) is 1. The number of nitrogens with zero attached hydrogens (tertiary/aromatic N) is 2. The van der Waals surface area contributed by atoms with Gasteiger partial charge in [0, 0.05) is 18.6 Å². The predicted molar refractivity (Wildman–Crippen MR) is 80.8 cm³/mol. The second-order valence-electron chi connectivity index (χ2n) is 4.99. The van der Waals surface area contributed by atoms with Crippen LogP contribution in [0.4, 0.5) is 5.82 Å². The highest BCUT2D eigenvalue weighted by Gasteiger charge is 2.23. The van der Waals surface area contributed by atoms with Crippen LogP contribution in [-0.2, 0) is 6.42 Å². The molecule has 19 heavy (non-hydrogen) atoms. The SMILES string of the molecule is CCc1nc(NC(C)(CC)CCO)c2ccsc2n1. The molecule has 0 aliphatic rings. The molecule has 0 fully saturated rings. The molecule has 0 aromatic carbocycles. The fraction of sp³-hybridized carbons (Fsp3) is 0.571. The van der Waals surface area contributed by atoms with Crippen molar-refractivity contribution in [2.24, 2.45) is 0 Å². The van der Waals surface area contributed by atoms with Crippen LogP contribution in [0.2, 0.25) is 0 Å². The molecular weight excluding hydrogens is 258 g/mol. The van der Waals surface area contributed by atoms with E-state index in [-0.39, 0.29) is 12.1 Å². The second kappa shape index (κ2) is 5.84. The third kappa shape index (κ3) is 3.04. The number of aromatic nitrogens is 2. The monoisotopic (exact) mass is 279 g/mol. The van der Waals surface area contributed by atoms with Gasteiger partial charge in [0.25, 0.3) is 0 Å². The van der Waals surface area contributed by atoms with E-state index in [4.69, 9.17) is 0 Å². The Morgan fingerprint density at radius 2 is 2.16 bits per heavy atom. The summed E-state index contributed by atoms with van der Waals surface area (Å²) in [7, 11) is 0. The third-order valence-electron chi connectivity index (χ3n) is 3.55. The molecule has 1 unspecified atom stereocenters. The number of anilines is 1. The average Bonchev–Trinajstić information content (AvgIpc) is 2.87. The van der Waals surface area contributed by atoms with Crippen LogP contribution in [0.15, 0.2) is 11.4 Å². The van der Waals surface area contributed by atoms with Crippen molar-refractivity contribution in [3.8, 4) is 0 Å². The first kappa shape index (κ1) is 14.2. The zero-order valence-corrected chi connectivity index (χ0v) is 12.5. The zero-order valence-electron chi connectivity index (χ0n) is 11.7. The van der Waals surface area contributed by atoms with E-state index in [1.54, 1.807) is 11.3 Å². The van der Waals surface area contributed by atoms with E-state index in [1.165, 1.54) is 0 Å². The van der Waals surface area contributed by atoms with Crippen LogP contribution < -0.4 is 5.32 Å². The molecule has 0 saturated heterocycles. The minimum Gasteiger partial charge on any atom is -0.396 e. The van der Waals surface area contributed by atoms with Gasteiger partial charge in [-0.05, 0) is 31.2 Å². The third-order valence-corrected chi connectivity index (χ3v) is 4.36. The smallest absolute Gasteiger partial charge is 0.138 e. The van der Waals surface area contributed by atoms with Crippen molar-refractivity contribution < 1.29 is 5.11 Å². The molecule has 2 aromatic heterocycles. The van der Waals surface area contributed by atoms with Gasteiger partial charge >= 0.3 is 0 Å². The van der Waals surface area contributed by atoms with Gasteiger partial charge in [0.2, 0.25) is 0 Å². The van der Waals surface area contributed by atoms with Crippen molar-refractivity contribution in [2.75, 3.05) is 11.9 Å². The Kier molecular flexibility index (Phi) is 4.37. The largest absolute Gasteiger partial charge is 0.396 e. The van der Waals surface area contributed by atoms with Crippen LogP contribution in [0, 0.1) is 0 Å². The van der Waals surface area contributed by atoms with Crippen molar-refractivity contribution in [1.82, 2.24) is 9.97 Å². The van der Waals surface area contributed by atoms with E-state index in [0.29, 0.717) is 6.42 Å². The van der Waals surface area contributed by atoms with Crippen LogP contribution in [-0.4, -0.2) is 27.2 Å². The average molecular weight is 279 g/mol. The van der Waals surface area contributed by atoms with E-state index in [1.807, 2.05) is 5.38 Å². The Bertz CT molecular complexity index is 555. The maximum atomic E-state index is 9.21. The molecule has 4 nitrogen and oxygen atoms in total. The van der Waals surface area contributed by atoms with Gasteiger partial charge < -0.3 is 10.4 Å². The predicted octanol–water partition coefficient (Wildman–Crippen LogP) is 3.22. The van der Waals surface area contributed by atoms with Crippen LogP contribution in [0.25, 0.3) is 10.2 Å². The molecule has 0 spiro atoms. The Morgan fingerprint density at radius 3 is 2.79 bits per heavy atom. The number of thiophene rings is 1. The zero-order chi connectivity index (χ0) is 13.9. The summed E-state index contributed by atoms with van der Waals surface area (Å²) in [6, 6.07) is 2.05. The first-order valence-corrected chi connectivity index (χ1v) is 7.63. The van der Waals surface area contributed by atoms with Crippen LogP contribution in [0.5, 0.6) is 0 Å². The van der Waals surface area contributed by atoms with Gasteiger partial charge in [0.05, 0.1) is 5.39 Å². The molecule has 0 aliphatic carbocycles. The number of aryl methyl sites for hydroxylation is 1. The van der Waals surface area contributed by atoms with Crippen LogP contribution in [0.3, 0.4) is 0 Å². The van der Waals surface area contributed by atoms with Crippen LogP contribution in [0.1, 0.15) is 39.4 Å². The molecular formula is C14H21N3OS. The molecule has 0 aliphatic heterocycles. The summed E-state index contributed by atoms with van der Waals surface area (Å²) < 4.78 is 0. The van der Waals surface area contributed by atoms with E-state index >= 15 is 0 Å². The Morgan fingerprint density at radius 1 is 1.37 bits per heavy atom. The normalized spacial score (nSPS) is 14.5. The van der Waals surface area contributed by atoms with Gasteiger partial charge in [-0.15, -0.1) is 11.3 Å². The standard InChI is InChI=1S/C14H21N3OS/c1-4-11-15-12(10-6-9-19-13(10)16-11)17-14(3,5-2)7-8-18/h6,9,18H,4-5,7-8H2,1-3H3,(H,15,16,17). The van der Waals surface area contributed by atoms with E-state index in [0.717, 1.165) is 34.7 Å². The molecule has 104 valence electrons. The highest BCUT2D eigenvalue weighted by Crippen LogP contribution is 2.29. The lowest BCUT2D eigenvalue weighted by Gasteiger charge is -2.30. The van der Waals surface area contributed by atoms with Gasteiger partial charge in [0.15, 0.2) is 0 Å². The van der Waals surface area contributed by atoms with Gasteiger partial charge in [-0.25, -0.2) is 9.97 Å². The molecule has 5 heteroatoms. The molecule has 2 aromatic rings. The van der Waals surface area contributed by atoms with Crippen molar-refractivity contribution >= 4 is 27.4 Å². The summed E-state index contributed by atoms with van der Waals surface area (Å²) in [6.45, 7) is 6.48. The summed E-state index contributed by atoms with van der Waals surface area (Å²) in [5.41, 5.74) is -0.136. The van der Waals surface area contributed by atoms with Crippen molar-refractivity contribution in [3.05, 3.63) is 17.3 Å². The fourth-order valence-electron chi connectivity index (χ4n) is 2.01. The molecule has 2 N–H and O–H groups in total. The number of aliphatic hydroxyl groups excluding tert-OH is 1. The minimum absolute atomic E-state index is 0.136. The van der Waals surface area contributed by atoms with E-state index < -0.39 is 0 Å². The Balaban J connectivity index is 2.40. The van der Waals surface area contributed by atoms with Gasteiger partial charge in [0.1, 0.15) is 16.5 Å². The summed E-state index contributed by atoms with van der Waals surface area (Å²) in [5, 5.41) is 15.8. The summed E-state index contributed by atoms with van der Waals surface area (Å²) in [6.07, 6.45) is 2.47. The Hall–Kier alpha value is -1.20. The highest BCUT2D eigenvalue weighted by atomic mass is 32.1. The van der Waals surface area contributed by atoms with Crippen molar-refractivity contribution in [3.63, 3.8) is 0 Å². The van der Waals surface area contributed by atoms with Crippen molar-refractivity contribution in [1.29, 1.82) is 0 Å². The molecule has 0 amide bonds. The van der Waals surface area contributed by atoms with Gasteiger partial charge in [-0.2, -0.15) is 0 Å².